The summed E-state index contributed by atoms with van der Waals surface area (Å²) in [5, 5.41) is 32.9. The molecule has 0 bridgehead atoms. The van der Waals surface area contributed by atoms with Crippen LogP contribution in [0.2, 0.25) is 10.0 Å². The van der Waals surface area contributed by atoms with Crippen LogP contribution in [-0.2, 0) is 15.9 Å². The smallest absolute Gasteiger partial charge is 0.340 e. The monoisotopic (exact) mass is 756 g/mol. The lowest BCUT2D eigenvalue weighted by Crippen LogP contribution is -2.33. The summed E-state index contributed by atoms with van der Waals surface area (Å²) in [6.45, 7) is 0. The second-order valence-electron chi connectivity index (χ2n) is 13.6. The number of fused-ring (bicyclic) bond motifs is 2. The largest absolute Gasteiger partial charge is 0.496 e. The normalized spacial score (nSPS) is 15.5. The maximum absolute atomic E-state index is 12.0. The Morgan fingerprint density at radius 2 is 1.08 bits per heavy atom. The van der Waals surface area contributed by atoms with Gasteiger partial charge < -0.3 is 39.5 Å². The molecule has 0 spiro atoms. The van der Waals surface area contributed by atoms with Crippen molar-refractivity contribution in [2.24, 2.45) is 0 Å². The number of aromatic carboxylic acids is 1. The van der Waals surface area contributed by atoms with Gasteiger partial charge in [0.05, 0.1) is 53.7 Å². The Morgan fingerprint density at radius 3 is 1.45 bits per heavy atom. The predicted molar refractivity (Wildman–Crippen MR) is 204 cm³/mol. The number of carbonyl (C=O) groups is 2. The number of aromatic amines is 2. The highest BCUT2D eigenvalue weighted by Crippen LogP contribution is 2.47. The fourth-order valence-corrected chi connectivity index (χ4v) is 7.69. The van der Waals surface area contributed by atoms with E-state index in [1.54, 1.807) is 38.6 Å². The summed E-state index contributed by atoms with van der Waals surface area (Å²) in [5.74, 6) is -0.191. The SMILES string of the molecule is COC(=O)c1c[nH]c2cc(Cl)c(-c3ccc(C4(O)CCC4)cc3OC)cc12.COc1cc(C2(O)CCC2)ccc1-c1cc2c(C(=O)O)c[nH]c2cc1Cl. The molecule has 10 nitrogen and oxygen atoms in total. The van der Waals surface area contributed by atoms with E-state index in [1.165, 1.54) is 13.3 Å². The highest BCUT2D eigenvalue weighted by Gasteiger charge is 2.37. The molecular formula is C41H38Cl2N2O8. The van der Waals surface area contributed by atoms with Crippen molar-refractivity contribution in [1.29, 1.82) is 0 Å². The van der Waals surface area contributed by atoms with Gasteiger partial charge in [-0.25, -0.2) is 9.59 Å². The highest BCUT2D eigenvalue weighted by atomic mass is 35.5. The summed E-state index contributed by atoms with van der Waals surface area (Å²) in [4.78, 5) is 29.4. The predicted octanol–water partition coefficient (Wildman–Crippen LogP) is 9.22. The maximum Gasteiger partial charge on any atom is 0.340 e. The van der Waals surface area contributed by atoms with E-state index >= 15 is 0 Å². The first-order valence-electron chi connectivity index (χ1n) is 17.1. The lowest BCUT2D eigenvalue weighted by Gasteiger charge is -2.37. The standard InChI is InChI=1S/C21H20ClNO4.C20H18ClNO4/c1-26-19-8-12(21(25)6-3-7-21)4-5-13(19)14-9-15-16(20(24)27-2)11-23-18(15)10-17(14)22;1-26-18-7-11(20(25)5-2-6-20)3-4-12(18)13-8-14-15(19(23)24)10-22-17(14)9-16(13)21/h4-5,8-11,23,25H,3,6-7H2,1-2H3;3-4,7-10,22,25H,2,5-6H2,1H3,(H,23,24). The topological polar surface area (TPSA) is 154 Å². The van der Waals surface area contributed by atoms with E-state index in [-0.39, 0.29) is 5.56 Å². The van der Waals surface area contributed by atoms with E-state index in [0.717, 1.165) is 77.2 Å². The van der Waals surface area contributed by atoms with E-state index in [2.05, 4.69) is 9.97 Å². The van der Waals surface area contributed by atoms with Gasteiger partial charge in [0.1, 0.15) is 11.5 Å². The number of carboxylic acids is 1. The second kappa shape index (κ2) is 14.1. The Bertz CT molecular complexity index is 2390. The third-order valence-corrected chi connectivity index (χ3v) is 11.2. The van der Waals surface area contributed by atoms with Gasteiger partial charge in [-0.05, 0) is 86.1 Å². The van der Waals surface area contributed by atoms with Crippen molar-refractivity contribution < 1.29 is 39.1 Å². The number of nitrogens with one attached hydrogen (secondary N) is 2. The fourth-order valence-electron chi connectivity index (χ4n) is 7.16. The van der Waals surface area contributed by atoms with Gasteiger partial charge in [-0.1, -0.05) is 47.5 Å². The van der Waals surface area contributed by atoms with Gasteiger partial charge in [-0.2, -0.15) is 0 Å². The van der Waals surface area contributed by atoms with Crippen LogP contribution in [0, 0.1) is 0 Å². The van der Waals surface area contributed by atoms with Crippen molar-refractivity contribution in [2.45, 2.75) is 49.7 Å². The molecule has 12 heteroatoms. The molecule has 0 atom stereocenters. The summed E-state index contributed by atoms with van der Waals surface area (Å²) in [6, 6.07) is 18.4. The Morgan fingerprint density at radius 1 is 0.642 bits per heavy atom. The second-order valence-corrected chi connectivity index (χ2v) is 14.4. The van der Waals surface area contributed by atoms with Gasteiger partial charge in [0.2, 0.25) is 0 Å². The van der Waals surface area contributed by atoms with Crippen molar-refractivity contribution >= 4 is 56.9 Å². The zero-order valence-electron chi connectivity index (χ0n) is 29.3. The summed E-state index contributed by atoms with van der Waals surface area (Å²) in [7, 11) is 4.51. The molecule has 274 valence electrons. The molecule has 2 aliphatic carbocycles. The quantitative estimate of drug-likeness (QED) is 0.0964. The lowest BCUT2D eigenvalue weighted by atomic mass is 9.75. The fraction of sp³-hybridized carbons (Fsp3) is 0.268. The van der Waals surface area contributed by atoms with E-state index in [0.29, 0.717) is 43.6 Å². The maximum atomic E-state index is 12.0. The highest BCUT2D eigenvalue weighted by molar-refractivity contribution is 6.35. The van der Waals surface area contributed by atoms with Crippen LogP contribution in [-0.4, -0.2) is 58.6 Å². The molecule has 2 aromatic heterocycles. The number of hydrogen-bond donors (Lipinski definition) is 5. The van der Waals surface area contributed by atoms with Crippen LogP contribution >= 0.6 is 23.2 Å². The Balaban J connectivity index is 0.000000164. The molecular weight excluding hydrogens is 719 g/mol. The molecule has 2 fully saturated rings. The molecule has 5 N–H and O–H groups in total. The number of ether oxygens (including phenoxy) is 3. The third-order valence-electron chi connectivity index (χ3n) is 10.6. The van der Waals surface area contributed by atoms with E-state index in [4.69, 9.17) is 37.4 Å². The summed E-state index contributed by atoms with van der Waals surface area (Å²) in [5.41, 5.74) is 5.17. The number of rotatable bonds is 8. The first-order chi connectivity index (χ1) is 25.4. The Kier molecular flexibility index (Phi) is 9.67. The summed E-state index contributed by atoms with van der Waals surface area (Å²) in [6.07, 6.45) is 8.10. The minimum Gasteiger partial charge on any atom is -0.496 e. The van der Waals surface area contributed by atoms with Crippen LogP contribution in [0.15, 0.2) is 73.1 Å². The van der Waals surface area contributed by atoms with Crippen LogP contribution in [0.4, 0.5) is 0 Å². The van der Waals surface area contributed by atoms with E-state index in [1.807, 2.05) is 42.5 Å². The molecule has 53 heavy (non-hydrogen) atoms. The van der Waals surface area contributed by atoms with Crippen LogP contribution in [0.5, 0.6) is 11.5 Å². The molecule has 2 aliphatic rings. The first kappa shape index (κ1) is 36.4. The number of esters is 1. The minimum atomic E-state index is -1.00. The van der Waals surface area contributed by atoms with Crippen LogP contribution in [0.1, 0.15) is 70.4 Å². The molecule has 0 saturated heterocycles. The van der Waals surface area contributed by atoms with Gasteiger partial charge >= 0.3 is 11.9 Å². The van der Waals surface area contributed by atoms with Crippen LogP contribution < -0.4 is 9.47 Å². The number of hydrogen-bond acceptors (Lipinski definition) is 7. The summed E-state index contributed by atoms with van der Waals surface area (Å²) >= 11 is 13.0. The van der Waals surface area contributed by atoms with Crippen molar-refractivity contribution in [3.8, 4) is 33.8 Å². The number of H-pyrrole nitrogens is 2. The number of halogens is 2. The summed E-state index contributed by atoms with van der Waals surface area (Å²) < 4.78 is 16.0. The van der Waals surface area contributed by atoms with Crippen LogP contribution in [0.3, 0.4) is 0 Å². The van der Waals surface area contributed by atoms with Crippen molar-refractivity contribution in [3.05, 3.63) is 105 Å². The molecule has 0 radical (unpaired) electrons. The van der Waals surface area contributed by atoms with Crippen molar-refractivity contribution in [1.82, 2.24) is 9.97 Å². The van der Waals surface area contributed by atoms with Gasteiger partial charge in [-0.3, -0.25) is 0 Å². The number of benzene rings is 4. The number of carbonyl (C=O) groups excluding carboxylic acids is 1. The average molecular weight is 758 g/mol. The number of aromatic nitrogens is 2. The van der Waals surface area contributed by atoms with Crippen LogP contribution in [0.25, 0.3) is 44.1 Å². The zero-order valence-corrected chi connectivity index (χ0v) is 30.8. The number of aliphatic hydroxyl groups is 2. The van der Waals surface area contributed by atoms with E-state index in [9.17, 15) is 24.9 Å². The Labute approximate surface area is 315 Å². The minimum absolute atomic E-state index is 0.192. The molecule has 2 heterocycles. The van der Waals surface area contributed by atoms with Gasteiger partial charge in [0.15, 0.2) is 0 Å². The molecule has 6 aromatic rings. The first-order valence-corrected chi connectivity index (χ1v) is 17.9. The van der Waals surface area contributed by atoms with Crippen molar-refractivity contribution in [2.75, 3.05) is 21.3 Å². The third kappa shape index (κ3) is 6.50. The molecule has 2 saturated carbocycles. The zero-order chi connectivity index (χ0) is 37.7. The molecule has 0 amide bonds. The molecule has 0 unspecified atom stereocenters. The van der Waals surface area contributed by atoms with Crippen molar-refractivity contribution in [3.63, 3.8) is 0 Å². The lowest BCUT2D eigenvalue weighted by molar-refractivity contribution is -0.0392. The number of carboxylic acid groups (broad SMARTS) is 1. The van der Waals surface area contributed by atoms with Gasteiger partial charge in [0, 0.05) is 56.5 Å². The molecule has 8 rings (SSSR count). The molecule has 0 aliphatic heterocycles. The Hall–Kier alpha value is -5.00. The average Bonchev–Trinajstić information content (AvgIpc) is 3.75. The van der Waals surface area contributed by atoms with Gasteiger partial charge in [-0.15, -0.1) is 0 Å². The van der Waals surface area contributed by atoms with Gasteiger partial charge in [0.25, 0.3) is 0 Å². The number of methoxy groups -OCH3 is 3. The van der Waals surface area contributed by atoms with E-state index < -0.39 is 23.1 Å². The molecule has 4 aromatic carbocycles.